The summed E-state index contributed by atoms with van der Waals surface area (Å²) in [5.41, 5.74) is 0. The van der Waals surface area contributed by atoms with E-state index in [9.17, 15) is 19.4 Å². The van der Waals surface area contributed by atoms with Crippen molar-refractivity contribution in [3.8, 4) is 0 Å². The van der Waals surface area contributed by atoms with Gasteiger partial charge in [0.25, 0.3) is 7.82 Å². The van der Waals surface area contributed by atoms with E-state index in [-0.39, 0.29) is 12.5 Å². The molecule has 0 radical (unpaired) electrons. The Morgan fingerprint density at radius 2 is 0.816 bits per heavy atom. The van der Waals surface area contributed by atoms with Crippen molar-refractivity contribution in [2.75, 3.05) is 40.9 Å². The van der Waals surface area contributed by atoms with Crippen LogP contribution in [0.5, 0.6) is 0 Å². The van der Waals surface area contributed by atoms with Crippen LogP contribution < -0.4 is 10.2 Å². The van der Waals surface area contributed by atoms with Gasteiger partial charge in [0.05, 0.1) is 39.9 Å². The number of aliphatic hydroxyl groups excluding tert-OH is 1. The van der Waals surface area contributed by atoms with E-state index in [4.69, 9.17) is 9.05 Å². The molecule has 0 spiro atoms. The molecule has 1 amide bonds. The second-order valence-corrected chi connectivity index (χ2v) is 23.1. The summed E-state index contributed by atoms with van der Waals surface area (Å²) in [5.74, 6) is -0.216. The normalized spacial score (nSPS) is 14.7. The summed E-state index contributed by atoms with van der Waals surface area (Å²) in [6.45, 7) is 4.50. The van der Waals surface area contributed by atoms with Crippen LogP contribution in [0.25, 0.3) is 0 Å². The number of quaternary nitrogens is 1. The molecule has 2 N–H and O–H groups in total. The van der Waals surface area contributed by atoms with Crippen LogP contribution in [0, 0.1) is 0 Å². The Morgan fingerprint density at radius 3 is 1.22 bits per heavy atom. The Bertz CT molecular complexity index is 1650. The number of phosphoric ester groups is 1. The van der Waals surface area contributed by atoms with Crippen LogP contribution in [0.4, 0.5) is 0 Å². The Kier molecular flexibility index (Phi) is 54.3. The molecule has 0 saturated heterocycles. The van der Waals surface area contributed by atoms with E-state index in [2.05, 4.69) is 129 Å². The van der Waals surface area contributed by atoms with Crippen LogP contribution in [0.2, 0.25) is 0 Å². The summed E-state index contributed by atoms with van der Waals surface area (Å²) in [6.07, 6.45) is 84.3. The molecule has 3 unspecified atom stereocenters. The quantitative estimate of drug-likeness (QED) is 0.0272. The lowest BCUT2D eigenvalue weighted by Gasteiger charge is -2.29. The third-order valence-corrected chi connectivity index (χ3v) is 14.1. The minimum atomic E-state index is -4.62. The van der Waals surface area contributed by atoms with Gasteiger partial charge in [0, 0.05) is 6.42 Å². The van der Waals surface area contributed by atoms with Crippen molar-refractivity contribution in [1.29, 1.82) is 0 Å². The molecule has 0 aromatic carbocycles. The van der Waals surface area contributed by atoms with Gasteiger partial charge in [0.2, 0.25) is 5.91 Å². The monoisotopic (exact) mass is 1080 g/mol. The first kappa shape index (κ1) is 72.9. The molecule has 0 rings (SSSR count). The molecule has 76 heavy (non-hydrogen) atoms. The van der Waals surface area contributed by atoms with Gasteiger partial charge in [-0.05, 0) is 103 Å². The molecular weight excluding hydrogens is 960 g/mol. The summed E-state index contributed by atoms with van der Waals surface area (Å²) >= 11 is 0. The Hall–Kier alpha value is -3.10. The number of phosphoric acid groups is 1. The molecule has 3 atom stereocenters. The van der Waals surface area contributed by atoms with E-state index in [0.717, 1.165) is 89.9 Å². The van der Waals surface area contributed by atoms with Crippen molar-refractivity contribution in [3.05, 3.63) is 122 Å². The van der Waals surface area contributed by atoms with Gasteiger partial charge >= 0.3 is 0 Å². The SMILES string of the molecule is CC/C=C\C/C=C\C/C=C\C/C=C\C/C=C\C/C=C\C/C=C\CCCCCCCCCCCCCCCC(=O)NC(COP(=O)([O-])OCC[N+](C)(C)C)C(O)/C=C/CC/C=C/CC/C=C/CCCCCCCCCCC. The van der Waals surface area contributed by atoms with Gasteiger partial charge < -0.3 is 28.8 Å². The zero-order valence-corrected chi connectivity index (χ0v) is 50.6. The molecule has 0 aliphatic carbocycles. The number of likely N-dealkylation sites (N-methyl/N-ethyl adjacent to an activating group) is 1. The van der Waals surface area contributed by atoms with E-state index in [1.54, 1.807) is 6.08 Å². The first-order valence-electron chi connectivity index (χ1n) is 30.9. The van der Waals surface area contributed by atoms with Gasteiger partial charge in [-0.2, -0.15) is 0 Å². The molecule has 0 saturated carbocycles. The minimum Gasteiger partial charge on any atom is -0.756 e. The van der Waals surface area contributed by atoms with Gasteiger partial charge in [-0.1, -0.05) is 257 Å². The van der Waals surface area contributed by atoms with Crippen molar-refractivity contribution < 1.29 is 32.9 Å². The number of amides is 1. The number of hydrogen-bond donors (Lipinski definition) is 2. The molecule has 0 bridgehead atoms. The lowest BCUT2D eigenvalue weighted by molar-refractivity contribution is -0.870. The van der Waals surface area contributed by atoms with Crippen LogP contribution >= 0.6 is 7.82 Å². The van der Waals surface area contributed by atoms with Crippen molar-refractivity contribution in [1.82, 2.24) is 5.32 Å². The number of aliphatic hydroxyl groups is 1. The second kappa shape index (κ2) is 56.6. The summed E-state index contributed by atoms with van der Waals surface area (Å²) < 4.78 is 23.3. The largest absolute Gasteiger partial charge is 0.756 e. The smallest absolute Gasteiger partial charge is 0.268 e. The van der Waals surface area contributed by atoms with Crippen molar-refractivity contribution in [2.24, 2.45) is 0 Å². The minimum absolute atomic E-state index is 0.0142. The van der Waals surface area contributed by atoms with Gasteiger partial charge in [-0.3, -0.25) is 9.36 Å². The van der Waals surface area contributed by atoms with Crippen LogP contribution in [0.1, 0.15) is 245 Å². The fourth-order valence-corrected chi connectivity index (χ4v) is 9.06. The predicted molar refractivity (Wildman–Crippen MR) is 329 cm³/mol. The van der Waals surface area contributed by atoms with Crippen LogP contribution in [0.15, 0.2) is 122 Å². The Labute approximate surface area is 469 Å². The average molecular weight is 1080 g/mol. The fraction of sp³-hybridized carbons (Fsp3) is 0.687. The number of allylic oxidation sites excluding steroid dienone is 19. The number of carbonyl (C=O) groups is 1. The van der Waals surface area contributed by atoms with Gasteiger partial charge in [0.1, 0.15) is 13.2 Å². The highest BCUT2D eigenvalue weighted by atomic mass is 31.2. The molecule has 9 heteroatoms. The van der Waals surface area contributed by atoms with E-state index < -0.39 is 26.6 Å². The van der Waals surface area contributed by atoms with Crippen molar-refractivity contribution in [3.63, 3.8) is 0 Å². The summed E-state index contributed by atoms with van der Waals surface area (Å²) in [5, 5.41) is 13.9. The number of carbonyl (C=O) groups excluding carboxylic acids is 1. The zero-order chi connectivity index (χ0) is 55.6. The molecule has 0 aromatic heterocycles. The lowest BCUT2D eigenvalue weighted by atomic mass is 10.0. The standard InChI is InChI=1S/C67H117N2O6P/c1-6-8-10-12-14-16-18-20-22-24-26-27-28-29-30-31-32-33-34-35-36-37-38-39-40-41-43-45-47-49-51-53-55-57-59-61-67(71)68-65(64-75-76(72,73)74-63-62-69(3,4)5)66(70)60-58-56-54-52-50-48-46-44-42-25-23-21-19-17-15-13-11-9-7-2/h8,10,14,16,20,22,26-27,29-30,32-33,35-36,42,44,50,52,58,60,65-66,70H,6-7,9,11-13,15,17-19,21,23-25,28,31,34,37-41,43,45-49,51,53-57,59,61-64H2,1-5H3,(H-,68,71,72,73)/b10-8-,16-14-,22-20-,27-26-,30-29-,33-32-,36-35-,44-42+,52-50+,60-58+. The molecule has 0 heterocycles. The maximum Gasteiger partial charge on any atom is 0.268 e. The van der Waals surface area contributed by atoms with Gasteiger partial charge in [0.15, 0.2) is 0 Å². The summed E-state index contributed by atoms with van der Waals surface area (Å²) in [6, 6.07) is -0.918. The van der Waals surface area contributed by atoms with Crippen LogP contribution in [0.3, 0.4) is 0 Å². The maximum atomic E-state index is 13.0. The number of nitrogens with zero attached hydrogens (tertiary/aromatic N) is 1. The van der Waals surface area contributed by atoms with E-state index in [1.807, 2.05) is 27.2 Å². The Balaban J connectivity index is 4.18. The maximum absolute atomic E-state index is 13.0. The van der Waals surface area contributed by atoms with E-state index in [1.165, 1.54) is 135 Å². The Morgan fingerprint density at radius 1 is 0.474 bits per heavy atom. The second-order valence-electron chi connectivity index (χ2n) is 21.7. The summed E-state index contributed by atoms with van der Waals surface area (Å²) in [4.78, 5) is 25.5. The molecule has 0 aliphatic rings. The number of rotatable bonds is 55. The number of unbranched alkanes of at least 4 members (excludes halogenated alkanes) is 24. The summed E-state index contributed by atoms with van der Waals surface area (Å²) in [7, 11) is 1.22. The molecule has 436 valence electrons. The highest BCUT2D eigenvalue weighted by molar-refractivity contribution is 7.45. The van der Waals surface area contributed by atoms with Gasteiger partial charge in [-0.25, -0.2) is 0 Å². The van der Waals surface area contributed by atoms with Crippen LogP contribution in [-0.4, -0.2) is 68.5 Å². The zero-order valence-electron chi connectivity index (χ0n) is 49.7. The first-order valence-corrected chi connectivity index (χ1v) is 32.4. The molecule has 0 fully saturated rings. The van der Waals surface area contributed by atoms with Gasteiger partial charge in [-0.15, -0.1) is 0 Å². The van der Waals surface area contributed by atoms with Crippen molar-refractivity contribution in [2.45, 2.75) is 257 Å². The molecule has 0 aromatic rings. The number of hydrogen-bond acceptors (Lipinski definition) is 6. The third kappa shape index (κ3) is 58.6. The molecule has 8 nitrogen and oxygen atoms in total. The first-order chi connectivity index (χ1) is 37.0. The molecule has 0 aliphatic heterocycles. The lowest BCUT2D eigenvalue weighted by Crippen LogP contribution is -2.45. The molecular formula is C67H117N2O6P. The average Bonchev–Trinajstić information content (AvgIpc) is 3.38. The number of nitrogens with one attached hydrogen (secondary N) is 1. The van der Waals surface area contributed by atoms with Crippen molar-refractivity contribution >= 4 is 13.7 Å². The predicted octanol–water partition coefficient (Wildman–Crippen LogP) is 18.7. The van der Waals surface area contributed by atoms with E-state index in [0.29, 0.717) is 17.4 Å². The highest BCUT2D eigenvalue weighted by Gasteiger charge is 2.23. The highest BCUT2D eigenvalue weighted by Crippen LogP contribution is 2.38. The topological polar surface area (TPSA) is 108 Å². The van der Waals surface area contributed by atoms with Crippen LogP contribution in [-0.2, 0) is 18.4 Å². The van der Waals surface area contributed by atoms with E-state index >= 15 is 0 Å². The third-order valence-electron chi connectivity index (χ3n) is 13.1. The fourth-order valence-electron chi connectivity index (χ4n) is 8.34.